The predicted octanol–water partition coefficient (Wildman–Crippen LogP) is 2.48. The van der Waals surface area contributed by atoms with E-state index in [-0.39, 0.29) is 23.2 Å². The quantitative estimate of drug-likeness (QED) is 0.390. The highest BCUT2D eigenvalue weighted by Gasteiger charge is 2.37. The third-order valence-corrected chi connectivity index (χ3v) is 5.55. The van der Waals surface area contributed by atoms with E-state index < -0.39 is 6.23 Å². The fourth-order valence-corrected chi connectivity index (χ4v) is 4.04. The molecule has 1 aliphatic rings. The smallest absolute Gasteiger partial charge is 0.247 e. The molecule has 0 amide bonds. The number of aliphatic hydroxyl groups is 1. The first-order chi connectivity index (χ1) is 15.3. The number of anilines is 1. The third kappa shape index (κ3) is 3.72. The van der Waals surface area contributed by atoms with Crippen molar-refractivity contribution in [1.82, 2.24) is 29.7 Å². The largest absolute Gasteiger partial charge is 0.443 e. The second-order valence-corrected chi connectivity index (χ2v) is 8.59. The van der Waals surface area contributed by atoms with Crippen LogP contribution in [0, 0.1) is 6.92 Å². The van der Waals surface area contributed by atoms with Crippen molar-refractivity contribution in [3.63, 3.8) is 0 Å². The standard InChI is InChI=1S/C22H25N7O3/c1-12-9-25-15-5-4-13(11-29(12)15)16-17(21-24-6-7-31-21)28-19(23)18(27-16)20(30)26-10-14-8-22(2,3)32-14/h4-7,9,11,14,20,26,30H,8,10H2,1-3H3,(H2,23,28). The second kappa shape index (κ2) is 7.66. The van der Waals surface area contributed by atoms with Crippen molar-refractivity contribution in [2.75, 3.05) is 12.3 Å². The fourth-order valence-electron chi connectivity index (χ4n) is 4.04. The number of nitrogens with zero attached hydrogens (tertiary/aromatic N) is 5. The lowest BCUT2D eigenvalue weighted by Crippen LogP contribution is -2.50. The highest BCUT2D eigenvalue weighted by atomic mass is 16.5. The predicted molar refractivity (Wildman–Crippen MR) is 117 cm³/mol. The topological polar surface area (TPSA) is 137 Å². The molecule has 0 radical (unpaired) electrons. The number of hydrogen-bond acceptors (Lipinski definition) is 9. The molecular formula is C22H25N7O3. The molecule has 10 heteroatoms. The molecule has 166 valence electrons. The fraction of sp³-hybridized carbons (Fsp3) is 0.364. The molecule has 4 aromatic heterocycles. The van der Waals surface area contributed by atoms with Crippen LogP contribution < -0.4 is 11.1 Å². The molecule has 32 heavy (non-hydrogen) atoms. The van der Waals surface area contributed by atoms with Crippen LogP contribution in [0.2, 0.25) is 0 Å². The molecule has 5 heterocycles. The minimum absolute atomic E-state index is 0.0338. The van der Waals surface area contributed by atoms with E-state index in [1.807, 2.05) is 43.5 Å². The number of aryl methyl sites for hydroxylation is 1. The number of nitrogens with one attached hydrogen (secondary N) is 1. The van der Waals surface area contributed by atoms with E-state index in [0.717, 1.165) is 23.3 Å². The molecule has 0 aliphatic carbocycles. The molecule has 0 saturated carbocycles. The Balaban J connectivity index is 1.52. The Morgan fingerprint density at radius 1 is 1.28 bits per heavy atom. The number of hydrogen-bond donors (Lipinski definition) is 3. The lowest BCUT2D eigenvalue weighted by molar-refractivity contribution is -0.183. The molecule has 1 saturated heterocycles. The Bertz CT molecular complexity index is 1260. The molecule has 2 unspecified atom stereocenters. The Kier molecular flexibility index (Phi) is 4.92. The van der Waals surface area contributed by atoms with Crippen LogP contribution in [0.4, 0.5) is 5.82 Å². The van der Waals surface area contributed by atoms with Crippen molar-refractivity contribution in [1.29, 1.82) is 0 Å². The number of rotatable bonds is 6. The molecule has 10 nitrogen and oxygen atoms in total. The van der Waals surface area contributed by atoms with Crippen molar-refractivity contribution in [2.24, 2.45) is 0 Å². The molecule has 0 bridgehead atoms. The number of aliphatic hydroxyl groups excluding tert-OH is 1. The van der Waals surface area contributed by atoms with Gasteiger partial charge in [-0.3, -0.25) is 5.32 Å². The maximum Gasteiger partial charge on any atom is 0.247 e. The molecule has 0 aromatic carbocycles. The zero-order chi connectivity index (χ0) is 22.5. The summed E-state index contributed by atoms with van der Waals surface area (Å²) in [6.07, 6.45) is 6.54. The van der Waals surface area contributed by atoms with Crippen molar-refractivity contribution in [2.45, 2.75) is 45.1 Å². The molecule has 4 aromatic rings. The number of fused-ring (bicyclic) bond motifs is 1. The Labute approximate surface area is 184 Å². The van der Waals surface area contributed by atoms with Crippen molar-refractivity contribution < 1.29 is 14.3 Å². The van der Waals surface area contributed by atoms with E-state index >= 15 is 0 Å². The Hall–Kier alpha value is -3.34. The average molecular weight is 435 g/mol. The van der Waals surface area contributed by atoms with Crippen LogP contribution in [-0.4, -0.2) is 47.7 Å². The van der Waals surface area contributed by atoms with Crippen LogP contribution in [0.15, 0.2) is 41.4 Å². The van der Waals surface area contributed by atoms with Gasteiger partial charge in [-0.2, -0.15) is 0 Å². The van der Waals surface area contributed by atoms with Gasteiger partial charge in [-0.05, 0) is 32.9 Å². The lowest BCUT2D eigenvalue weighted by Gasteiger charge is -2.43. The number of pyridine rings is 1. The minimum Gasteiger partial charge on any atom is -0.443 e. The van der Waals surface area contributed by atoms with Gasteiger partial charge in [0.25, 0.3) is 0 Å². The van der Waals surface area contributed by atoms with E-state index in [1.165, 1.54) is 12.5 Å². The molecule has 1 aliphatic heterocycles. The SMILES string of the molecule is Cc1cnc2ccc(-c3nc(C(O)NCC4CC(C)(C)O4)c(N)nc3-c3ncco3)cn12. The molecular weight excluding hydrogens is 410 g/mol. The number of ether oxygens (including phenoxy) is 1. The van der Waals surface area contributed by atoms with E-state index in [4.69, 9.17) is 19.9 Å². The lowest BCUT2D eigenvalue weighted by atomic mass is 9.93. The number of oxazole rings is 1. The van der Waals surface area contributed by atoms with Gasteiger partial charge in [0, 0.05) is 36.6 Å². The molecule has 5 rings (SSSR count). The Morgan fingerprint density at radius 2 is 2.09 bits per heavy atom. The van der Waals surface area contributed by atoms with Crippen molar-refractivity contribution in [3.8, 4) is 22.8 Å². The normalized spacial score (nSPS) is 18.6. The zero-order valence-electron chi connectivity index (χ0n) is 18.1. The van der Waals surface area contributed by atoms with Crippen molar-refractivity contribution >= 4 is 11.5 Å². The van der Waals surface area contributed by atoms with Gasteiger partial charge < -0.3 is 24.4 Å². The van der Waals surface area contributed by atoms with Crippen LogP contribution in [-0.2, 0) is 4.74 Å². The minimum atomic E-state index is -1.11. The summed E-state index contributed by atoms with van der Waals surface area (Å²) >= 11 is 0. The number of imidazole rings is 1. The summed E-state index contributed by atoms with van der Waals surface area (Å²) in [6, 6.07) is 3.78. The number of aromatic nitrogens is 5. The highest BCUT2D eigenvalue weighted by molar-refractivity contribution is 5.76. The van der Waals surface area contributed by atoms with Gasteiger partial charge in [0.05, 0.1) is 17.9 Å². The molecule has 4 N–H and O–H groups in total. The van der Waals surface area contributed by atoms with Gasteiger partial charge in [-0.25, -0.2) is 19.9 Å². The molecule has 1 fully saturated rings. The van der Waals surface area contributed by atoms with Gasteiger partial charge >= 0.3 is 0 Å². The van der Waals surface area contributed by atoms with Gasteiger partial charge in [0.15, 0.2) is 11.9 Å². The van der Waals surface area contributed by atoms with Crippen LogP contribution in [0.3, 0.4) is 0 Å². The second-order valence-electron chi connectivity index (χ2n) is 8.59. The van der Waals surface area contributed by atoms with Crippen LogP contribution in [0.1, 0.15) is 37.9 Å². The van der Waals surface area contributed by atoms with E-state index in [9.17, 15) is 5.11 Å². The highest BCUT2D eigenvalue weighted by Crippen LogP contribution is 2.33. The number of nitrogens with two attached hydrogens (primary N) is 1. The maximum absolute atomic E-state index is 10.8. The summed E-state index contributed by atoms with van der Waals surface area (Å²) in [6.45, 7) is 6.52. The van der Waals surface area contributed by atoms with Crippen LogP contribution in [0.25, 0.3) is 28.5 Å². The summed E-state index contributed by atoms with van der Waals surface area (Å²) in [4.78, 5) is 17.8. The van der Waals surface area contributed by atoms with E-state index in [0.29, 0.717) is 23.8 Å². The monoisotopic (exact) mass is 435 g/mol. The first-order valence-electron chi connectivity index (χ1n) is 10.4. The van der Waals surface area contributed by atoms with Crippen molar-refractivity contribution in [3.05, 3.63) is 48.4 Å². The molecule has 2 atom stereocenters. The summed E-state index contributed by atoms with van der Waals surface area (Å²) in [7, 11) is 0. The molecule has 0 spiro atoms. The summed E-state index contributed by atoms with van der Waals surface area (Å²) < 4.78 is 13.2. The van der Waals surface area contributed by atoms with Gasteiger partial charge in [0.1, 0.15) is 29.1 Å². The van der Waals surface area contributed by atoms with Crippen LogP contribution in [0.5, 0.6) is 0 Å². The summed E-state index contributed by atoms with van der Waals surface area (Å²) in [5.41, 5.74) is 9.74. The Morgan fingerprint density at radius 3 is 2.81 bits per heavy atom. The number of nitrogen functional groups attached to an aromatic ring is 1. The summed E-state index contributed by atoms with van der Waals surface area (Å²) in [5, 5.41) is 13.8. The third-order valence-electron chi connectivity index (χ3n) is 5.55. The van der Waals surface area contributed by atoms with Gasteiger partial charge in [0.2, 0.25) is 5.89 Å². The van der Waals surface area contributed by atoms with Crippen LogP contribution >= 0.6 is 0 Å². The van der Waals surface area contributed by atoms with E-state index in [1.54, 1.807) is 6.20 Å². The first kappa shape index (κ1) is 20.6. The zero-order valence-corrected chi connectivity index (χ0v) is 18.1. The maximum atomic E-state index is 10.8. The van der Waals surface area contributed by atoms with Gasteiger partial charge in [-0.15, -0.1) is 0 Å². The average Bonchev–Trinajstić information content (AvgIpc) is 3.40. The van der Waals surface area contributed by atoms with E-state index in [2.05, 4.69) is 20.3 Å². The first-order valence-corrected chi connectivity index (χ1v) is 10.4. The summed E-state index contributed by atoms with van der Waals surface area (Å²) in [5.74, 6) is 0.387. The van der Waals surface area contributed by atoms with Gasteiger partial charge in [-0.1, -0.05) is 0 Å².